The summed E-state index contributed by atoms with van der Waals surface area (Å²) < 4.78 is 43.1. The highest BCUT2D eigenvalue weighted by atomic mass is 32.2. The predicted octanol–water partition coefficient (Wildman–Crippen LogP) is 1.13. The second kappa shape index (κ2) is 7.74. The number of carbonyl (C=O) groups is 1. The first-order valence-corrected chi connectivity index (χ1v) is 9.31. The second-order valence-electron chi connectivity index (χ2n) is 5.49. The van der Waals surface area contributed by atoms with E-state index in [-0.39, 0.29) is 24.9 Å². The summed E-state index contributed by atoms with van der Waals surface area (Å²) >= 11 is 0. The molecule has 0 aromatic heterocycles. The maximum atomic E-state index is 13.0. The number of carbonyl (C=O) groups excluding carboxylic acids is 1. The molecule has 1 aliphatic rings. The van der Waals surface area contributed by atoms with Crippen molar-refractivity contribution < 1.29 is 22.3 Å². The highest BCUT2D eigenvalue weighted by Crippen LogP contribution is 2.18. The number of amides is 1. The van der Waals surface area contributed by atoms with Gasteiger partial charge < -0.3 is 10.1 Å². The molecule has 1 amide bonds. The lowest BCUT2D eigenvalue weighted by molar-refractivity contribution is -0.127. The lowest BCUT2D eigenvalue weighted by atomic mass is 9.99. The molecule has 0 radical (unpaired) electrons. The van der Waals surface area contributed by atoms with Gasteiger partial charge in [0.15, 0.2) is 0 Å². The van der Waals surface area contributed by atoms with Crippen LogP contribution in [0.25, 0.3) is 0 Å². The Morgan fingerprint density at radius 1 is 1.30 bits per heavy atom. The van der Waals surface area contributed by atoms with Crippen molar-refractivity contribution in [2.75, 3.05) is 36.9 Å². The average molecular weight is 344 g/mol. The van der Waals surface area contributed by atoms with Crippen molar-refractivity contribution in [1.29, 1.82) is 0 Å². The summed E-state index contributed by atoms with van der Waals surface area (Å²) in [6.45, 7) is 1.44. The Morgan fingerprint density at radius 3 is 2.48 bits per heavy atom. The van der Waals surface area contributed by atoms with Crippen LogP contribution in [0.4, 0.5) is 10.1 Å². The van der Waals surface area contributed by atoms with Crippen LogP contribution >= 0.6 is 0 Å². The fourth-order valence-corrected chi connectivity index (χ4v) is 3.41. The van der Waals surface area contributed by atoms with Crippen molar-refractivity contribution in [1.82, 2.24) is 5.32 Å². The van der Waals surface area contributed by atoms with Crippen molar-refractivity contribution in [2.45, 2.75) is 12.8 Å². The molecule has 0 bridgehead atoms. The van der Waals surface area contributed by atoms with E-state index in [0.717, 1.165) is 10.6 Å². The summed E-state index contributed by atoms with van der Waals surface area (Å²) in [5, 5.41) is 2.76. The summed E-state index contributed by atoms with van der Waals surface area (Å²) in [6, 6.07) is 5.20. The Bertz CT molecular complexity index is 627. The zero-order valence-electron chi connectivity index (χ0n) is 13.0. The van der Waals surface area contributed by atoms with Crippen LogP contribution in [-0.2, 0) is 19.6 Å². The van der Waals surface area contributed by atoms with Gasteiger partial charge in [0, 0.05) is 25.7 Å². The zero-order valence-corrected chi connectivity index (χ0v) is 13.8. The van der Waals surface area contributed by atoms with Gasteiger partial charge in [0.25, 0.3) is 0 Å². The number of hydrogen-bond donors (Lipinski definition) is 1. The van der Waals surface area contributed by atoms with Crippen molar-refractivity contribution in [2.24, 2.45) is 5.92 Å². The van der Waals surface area contributed by atoms with E-state index in [0.29, 0.717) is 31.7 Å². The molecule has 0 unspecified atom stereocenters. The van der Waals surface area contributed by atoms with Gasteiger partial charge in [-0.05, 0) is 37.1 Å². The van der Waals surface area contributed by atoms with Crippen LogP contribution in [0.5, 0.6) is 0 Å². The van der Waals surface area contributed by atoms with Crippen LogP contribution in [0.1, 0.15) is 12.8 Å². The van der Waals surface area contributed by atoms with E-state index in [1.165, 1.54) is 24.3 Å². The first kappa shape index (κ1) is 17.7. The molecule has 2 rings (SSSR count). The molecule has 8 heteroatoms. The average Bonchev–Trinajstić information content (AvgIpc) is 2.52. The molecule has 23 heavy (non-hydrogen) atoms. The molecule has 0 spiro atoms. The minimum Gasteiger partial charge on any atom is -0.381 e. The van der Waals surface area contributed by atoms with E-state index in [2.05, 4.69) is 5.32 Å². The van der Waals surface area contributed by atoms with E-state index in [1.54, 1.807) is 0 Å². The van der Waals surface area contributed by atoms with E-state index >= 15 is 0 Å². The molecule has 0 saturated carbocycles. The van der Waals surface area contributed by atoms with Gasteiger partial charge in [0.2, 0.25) is 15.9 Å². The molecule has 1 aromatic carbocycles. The number of ether oxygens (including phenoxy) is 1. The summed E-state index contributed by atoms with van der Waals surface area (Å²) in [5.74, 6) is -0.600. The Balaban J connectivity index is 1.94. The Kier molecular flexibility index (Phi) is 5.95. The lowest BCUT2D eigenvalue weighted by Gasteiger charge is -2.24. The molecule has 1 aliphatic heterocycles. The van der Waals surface area contributed by atoms with Gasteiger partial charge in [-0.3, -0.25) is 9.10 Å². The molecular weight excluding hydrogens is 323 g/mol. The fraction of sp³-hybridized carbons (Fsp3) is 0.533. The number of hydrogen-bond acceptors (Lipinski definition) is 4. The van der Waals surface area contributed by atoms with Crippen LogP contribution in [0, 0.1) is 11.7 Å². The first-order valence-electron chi connectivity index (χ1n) is 7.46. The van der Waals surface area contributed by atoms with Gasteiger partial charge in [-0.25, -0.2) is 12.8 Å². The SMILES string of the molecule is CS(=O)(=O)N(CCNC(=O)C1CCOCC1)c1ccc(F)cc1. The Morgan fingerprint density at radius 2 is 1.91 bits per heavy atom. The van der Waals surface area contributed by atoms with Crippen molar-refractivity contribution in [3.63, 3.8) is 0 Å². The monoisotopic (exact) mass is 344 g/mol. The number of nitrogens with one attached hydrogen (secondary N) is 1. The molecule has 1 saturated heterocycles. The van der Waals surface area contributed by atoms with Gasteiger partial charge in [-0.15, -0.1) is 0 Å². The highest BCUT2D eigenvalue weighted by Gasteiger charge is 2.22. The molecule has 128 valence electrons. The van der Waals surface area contributed by atoms with Gasteiger partial charge in [0.1, 0.15) is 5.82 Å². The molecule has 1 fully saturated rings. The van der Waals surface area contributed by atoms with Crippen molar-refractivity contribution >= 4 is 21.6 Å². The molecule has 0 atom stereocenters. The maximum absolute atomic E-state index is 13.0. The molecule has 1 heterocycles. The number of sulfonamides is 1. The van der Waals surface area contributed by atoms with E-state index in [9.17, 15) is 17.6 Å². The van der Waals surface area contributed by atoms with E-state index in [1.807, 2.05) is 0 Å². The zero-order chi connectivity index (χ0) is 16.9. The Labute approximate surface area is 135 Å². The van der Waals surface area contributed by atoms with Crippen LogP contribution in [-0.4, -0.2) is 46.9 Å². The smallest absolute Gasteiger partial charge is 0.232 e. The topological polar surface area (TPSA) is 75.7 Å². The quantitative estimate of drug-likeness (QED) is 0.839. The van der Waals surface area contributed by atoms with Gasteiger partial charge in [0.05, 0.1) is 18.5 Å². The van der Waals surface area contributed by atoms with Crippen molar-refractivity contribution in [3.8, 4) is 0 Å². The summed E-state index contributed by atoms with van der Waals surface area (Å²) in [4.78, 5) is 12.0. The van der Waals surface area contributed by atoms with E-state index < -0.39 is 15.8 Å². The number of rotatable bonds is 6. The molecule has 1 aromatic rings. The second-order valence-corrected chi connectivity index (χ2v) is 7.40. The van der Waals surface area contributed by atoms with Gasteiger partial charge in [-0.1, -0.05) is 0 Å². The standard InChI is InChI=1S/C15H21FN2O4S/c1-23(20,21)18(14-4-2-13(16)3-5-14)9-8-17-15(19)12-6-10-22-11-7-12/h2-5,12H,6-11H2,1H3,(H,17,19). The van der Waals surface area contributed by atoms with Crippen LogP contribution < -0.4 is 9.62 Å². The van der Waals surface area contributed by atoms with Crippen LogP contribution in [0.2, 0.25) is 0 Å². The fourth-order valence-electron chi connectivity index (χ4n) is 2.48. The maximum Gasteiger partial charge on any atom is 0.232 e. The number of anilines is 1. The predicted molar refractivity (Wildman–Crippen MR) is 85.1 cm³/mol. The third-order valence-electron chi connectivity index (χ3n) is 3.72. The normalized spacial score (nSPS) is 16.1. The molecular formula is C15H21FN2O4S. The molecule has 0 aliphatic carbocycles. The van der Waals surface area contributed by atoms with E-state index in [4.69, 9.17) is 4.74 Å². The van der Waals surface area contributed by atoms with Gasteiger partial charge in [-0.2, -0.15) is 0 Å². The van der Waals surface area contributed by atoms with Gasteiger partial charge >= 0.3 is 0 Å². The largest absolute Gasteiger partial charge is 0.381 e. The third-order valence-corrected chi connectivity index (χ3v) is 4.92. The third kappa shape index (κ3) is 5.18. The highest BCUT2D eigenvalue weighted by molar-refractivity contribution is 7.92. The minimum absolute atomic E-state index is 0.0822. The summed E-state index contributed by atoms with van der Waals surface area (Å²) in [7, 11) is -3.51. The van der Waals surface area contributed by atoms with Crippen molar-refractivity contribution in [3.05, 3.63) is 30.1 Å². The van der Waals surface area contributed by atoms with Crippen LogP contribution in [0.15, 0.2) is 24.3 Å². The molecule has 1 N–H and O–H groups in total. The Hall–Kier alpha value is -1.67. The number of halogens is 1. The number of nitrogens with zero attached hydrogens (tertiary/aromatic N) is 1. The molecule has 6 nitrogen and oxygen atoms in total. The minimum atomic E-state index is -3.51. The van der Waals surface area contributed by atoms with Crippen LogP contribution in [0.3, 0.4) is 0 Å². The summed E-state index contributed by atoms with van der Waals surface area (Å²) in [5.41, 5.74) is 0.370. The first-order chi connectivity index (χ1) is 10.9. The summed E-state index contributed by atoms with van der Waals surface area (Å²) in [6.07, 6.45) is 2.44. The number of benzene rings is 1. The lowest BCUT2D eigenvalue weighted by Crippen LogP contribution is -2.41.